The Labute approximate surface area is 45.5 Å². The van der Waals surface area contributed by atoms with Crippen LogP contribution in [0.1, 0.15) is 6.92 Å². The second-order valence-electron chi connectivity index (χ2n) is 1.93. The average molecular weight is 102 g/mol. The van der Waals surface area contributed by atoms with Crippen LogP contribution in [0.3, 0.4) is 0 Å². The molecule has 0 fully saturated rings. The van der Waals surface area contributed by atoms with E-state index in [9.17, 15) is 0 Å². The zero-order valence-corrected chi connectivity index (χ0v) is 5.52. The fourth-order valence-electron chi connectivity index (χ4n) is 0.258. The van der Waals surface area contributed by atoms with E-state index in [2.05, 4.69) is 17.1 Å². The molecule has 2 heteroatoms. The van der Waals surface area contributed by atoms with Gasteiger partial charge in [0.15, 0.2) is 0 Å². The normalized spacial score (nSPS) is 15.0. The standard InChI is InChI=1S/C5H14N2/c1-5(6-2)7(3)4/h5-6H,1-4H3. The monoisotopic (exact) mass is 102 g/mol. The lowest BCUT2D eigenvalue weighted by atomic mass is 10.5. The summed E-state index contributed by atoms with van der Waals surface area (Å²) in [5.41, 5.74) is 0. The van der Waals surface area contributed by atoms with Crippen LogP contribution in [0, 0.1) is 0 Å². The Balaban J connectivity index is 3.14. The smallest absolute Gasteiger partial charge is 0.0560 e. The second-order valence-corrected chi connectivity index (χ2v) is 1.93. The van der Waals surface area contributed by atoms with Gasteiger partial charge in [0.05, 0.1) is 6.17 Å². The maximum absolute atomic E-state index is 3.09. The molecule has 44 valence electrons. The second kappa shape index (κ2) is 2.99. The molecular weight excluding hydrogens is 88.1 g/mol. The molecule has 1 N–H and O–H groups in total. The van der Waals surface area contributed by atoms with E-state index in [-0.39, 0.29) is 0 Å². The molecule has 2 nitrogen and oxygen atoms in total. The maximum Gasteiger partial charge on any atom is 0.0560 e. The molecule has 0 spiro atoms. The van der Waals surface area contributed by atoms with Crippen molar-refractivity contribution in [3.8, 4) is 0 Å². The van der Waals surface area contributed by atoms with Gasteiger partial charge in [0.25, 0.3) is 0 Å². The van der Waals surface area contributed by atoms with Gasteiger partial charge in [-0.2, -0.15) is 0 Å². The van der Waals surface area contributed by atoms with Gasteiger partial charge in [0, 0.05) is 0 Å². The van der Waals surface area contributed by atoms with Gasteiger partial charge in [-0.15, -0.1) is 0 Å². The molecule has 0 rings (SSSR count). The Morgan fingerprint density at radius 1 is 1.43 bits per heavy atom. The van der Waals surface area contributed by atoms with Gasteiger partial charge in [0.2, 0.25) is 0 Å². The summed E-state index contributed by atoms with van der Waals surface area (Å²) in [5, 5.41) is 3.09. The molecule has 0 aliphatic heterocycles. The van der Waals surface area contributed by atoms with Crippen molar-refractivity contribution in [3.63, 3.8) is 0 Å². The number of nitrogens with one attached hydrogen (secondary N) is 1. The minimum atomic E-state index is 0.486. The Bertz CT molecular complexity index is 43.3. The molecule has 0 radical (unpaired) electrons. The van der Waals surface area contributed by atoms with Crippen LogP contribution in [0.4, 0.5) is 0 Å². The van der Waals surface area contributed by atoms with Crippen LogP contribution in [0.15, 0.2) is 0 Å². The topological polar surface area (TPSA) is 15.3 Å². The van der Waals surface area contributed by atoms with E-state index < -0.39 is 0 Å². The highest BCUT2D eigenvalue weighted by Crippen LogP contribution is 1.80. The molecule has 0 heterocycles. The van der Waals surface area contributed by atoms with Gasteiger partial charge in [-0.1, -0.05) is 0 Å². The van der Waals surface area contributed by atoms with E-state index in [4.69, 9.17) is 0 Å². The maximum atomic E-state index is 3.09. The molecule has 0 aromatic rings. The minimum Gasteiger partial charge on any atom is -0.305 e. The molecule has 1 unspecified atom stereocenters. The van der Waals surface area contributed by atoms with Crippen LogP contribution in [0.5, 0.6) is 0 Å². The first kappa shape index (κ1) is 6.92. The van der Waals surface area contributed by atoms with Crippen molar-refractivity contribution in [2.24, 2.45) is 0 Å². The van der Waals surface area contributed by atoms with E-state index in [0.717, 1.165) is 0 Å². The summed E-state index contributed by atoms with van der Waals surface area (Å²) in [5.74, 6) is 0. The molecular formula is C5H14N2. The molecule has 0 bridgehead atoms. The van der Waals surface area contributed by atoms with Gasteiger partial charge in [-0.25, -0.2) is 0 Å². The lowest BCUT2D eigenvalue weighted by Gasteiger charge is -2.17. The first-order valence-electron chi connectivity index (χ1n) is 2.52. The van der Waals surface area contributed by atoms with Gasteiger partial charge < -0.3 is 5.32 Å². The van der Waals surface area contributed by atoms with Crippen molar-refractivity contribution < 1.29 is 0 Å². The predicted octanol–water partition coefficient (Wildman–Crippen LogP) is 0.113. The van der Waals surface area contributed by atoms with E-state index in [1.54, 1.807) is 0 Å². The summed E-state index contributed by atoms with van der Waals surface area (Å²) in [6.07, 6.45) is 0.486. The van der Waals surface area contributed by atoms with Crippen molar-refractivity contribution in [1.82, 2.24) is 10.2 Å². The first-order chi connectivity index (χ1) is 3.18. The SMILES string of the molecule is CNC(C)N(C)C. The Morgan fingerprint density at radius 3 is 1.86 bits per heavy atom. The first-order valence-corrected chi connectivity index (χ1v) is 2.52. The third-order valence-corrected chi connectivity index (χ3v) is 1.19. The van der Waals surface area contributed by atoms with Crippen LogP contribution in [0.2, 0.25) is 0 Å². The highest BCUT2D eigenvalue weighted by Gasteiger charge is 1.95. The number of nitrogens with zero attached hydrogens (tertiary/aromatic N) is 1. The zero-order valence-electron chi connectivity index (χ0n) is 5.52. The third-order valence-electron chi connectivity index (χ3n) is 1.19. The Morgan fingerprint density at radius 2 is 1.86 bits per heavy atom. The van der Waals surface area contributed by atoms with Crippen LogP contribution in [-0.2, 0) is 0 Å². The zero-order chi connectivity index (χ0) is 5.86. The quantitative estimate of drug-likeness (QED) is 0.498. The summed E-state index contributed by atoms with van der Waals surface area (Å²) in [7, 11) is 6.03. The minimum absolute atomic E-state index is 0.486. The van der Waals surface area contributed by atoms with Crippen molar-refractivity contribution >= 4 is 0 Å². The molecule has 0 aromatic carbocycles. The molecule has 0 saturated heterocycles. The van der Waals surface area contributed by atoms with Crippen molar-refractivity contribution in [1.29, 1.82) is 0 Å². The van der Waals surface area contributed by atoms with Crippen LogP contribution >= 0.6 is 0 Å². The molecule has 0 aromatic heterocycles. The highest BCUT2D eigenvalue weighted by molar-refractivity contribution is 4.49. The number of rotatable bonds is 2. The molecule has 1 atom stereocenters. The molecule has 0 aliphatic rings. The van der Waals surface area contributed by atoms with Gasteiger partial charge >= 0.3 is 0 Å². The van der Waals surface area contributed by atoms with Crippen molar-refractivity contribution in [2.45, 2.75) is 13.1 Å². The highest BCUT2D eigenvalue weighted by atomic mass is 15.2. The van der Waals surface area contributed by atoms with E-state index >= 15 is 0 Å². The van der Waals surface area contributed by atoms with Crippen molar-refractivity contribution in [2.75, 3.05) is 21.1 Å². The van der Waals surface area contributed by atoms with Gasteiger partial charge in [-0.3, -0.25) is 4.90 Å². The van der Waals surface area contributed by atoms with Crippen LogP contribution in [0.25, 0.3) is 0 Å². The largest absolute Gasteiger partial charge is 0.305 e. The van der Waals surface area contributed by atoms with Crippen molar-refractivity contribution in [3.05, 3.63) is 0 Å². The summed E-state index contributed by atoms with van der Waals surface area (Å²) in [6, 6.07) is 0. The van der Waals surface area contributed by atoms with Crippen LogP contribution < -0.4 is 5.32 Å². The molecule has 0 amide bonds. The van der Waals surface area contributed by atoms with E-state index in [0.29, 0.717) is 6.17 Å². The van der Waals surface area contributed by atoms with Gasteiger partial charge in [0.1, 0.15) is 0 Å². The summed E-state index contributed by atoms with van der Waals surface area (Å²) >= 11 is 0. The summed E-state index contributed by atoms with van der Waals surface area (Å²) in [4.78, 5) is 2.11. The summed E-state index contributed by atoms with van der Waals surface area (Å²) < 4.78 is 0. The van der Waals surface area contributed by atoms with E-state index in [1.807, 2.05) is 21.1 Å². The summed E-state index contributed by atoms with van der Waals surface area (Å²) in [6.45, 7) is 2.11. The lowest BCUT2D eigenvalue weighted by molar-refractivity contribution is 0.280. The van der Waals surface area contributed by atoms with Gasteiger partial charge in [-0.05, 0) is 28.1 Å². The average Bonchev–Trinajstić information content (AvgIpc) is 1.65. The molecule has 0 aliphatic carbocycles. The lowest BCUT2D eigenvalue weighted by Crippen LogP contribution is -2.35. The number of hydrogen-bond acceptors (Lipinski definition) is 2. The predicted molar refractivity (Wildman–Crippen MR) is 32.2 cm³/mol. The fraction of sp³-hybridized carbons (Fsp3) is 1.00. The fourth-order valence-corrected chi connectivity index (χ4v) is 0.258. The Hall–Kier alpha value is -0.0800. The number of hydrogen-bond donors (Lipinski definition) is 1. The van der Waals surface area contributed by atoms with E-state index in [1.165, 1.54) is 0 Å². The third kappa shape index (κ3) is 2.60. The molecule has 7 heavy (non-hydrogen) atoms. The molecule has 0 saturated carbocycles. The Kier molecular flexibility index (Phi) is 2.96. The van der Waals surface area contributed by atoms with Crippen LogP contribution in [-0.4, -0.2) is 32.2 Å².